The molecule has 116 valence electrons. The van der Waals surface area contributed by atoms with Gasteiger partial charge in [-0.3, -0.25) is 0 Å². The lowest BCUT2D eigenvalue weighted by Gasteiger charge is -2.27. The van der Waals surface area contributed by atoms with Crippen molar-refractivity contribution >= 4 is 0 Å². The fourth-order valence-electron chi connectivity index (χ4n) is 2.60. The van der Waals surface area contributed by atoms with Crippen LogP contribution < -0.4 is 5.73 Å². The van der Waals surface area contributed by atoms with Gasteiger partial charge in [0, 0.05) is 12.6 Å². The molecule has 19 heavy (non-hydrogen) atoms. The number of unbranched alkanes of at least 4 members (excludes halogenated alkanes) is 9. The van der Waals surface area contributed by atoms with Crippen molar-refractivity contribution in [1.29, 1.82) is 0 Å². The molecule has 0 aliphatic carbocycles. The molecule has 0 radical (unpaired) electrons. The van der Waals surface area contributed by atoms with E-state index in [0.717, 1.165) is 12.8 Å². The number of nitrogens with two attached hydrogens (primary N) is 1. The summed E-state index contributed by atoms with van der Waals surface area (Å²) in [7, 11) is 1.75. The normalized spacial score (nSPS) is 14.5. The zero-order chi connectivity index (χ0) is 14.4. The molecular formula is C17H37NO. The Morgan fingerprint density at radius 2 is 1.26 bits per heavy atom. The lowest BCUT2D eigenvalue weighted by molar-refractivity contribution is 0.122. The third-order valence-electron chi connectivity index (χ3n) is 4.16. The second-order valence-electron chi connectivity index (χ2n) is 6.08. The molecule has 0 aromatic carbocycles. The van der Waals surface area contributed by atoms with E-state index < -0.39 is 0 Å². The van der Waals surface area contributed by atoms with Gasteiger partial charge in [0.2, 0.25) is 0 Å². The summed E-state index contributed by atoms with van der Waals surface area (Å²) in [6.07, 6.45) is 16.0. The van der Waals surface area contributed by atoms with Crippen molar-refractivity contribution in [1.82, 2.24) is 0 Å². The summed E-state index contributed by atoms with van der Waals surface area (Å²) in [6.45, 7) is 5.13. The SMILES string of the molecule is CCCCCCCCCCCCC(N)(CC)COC. The van der Waals surface area contributed by atoms with Crippen molar-refractivity contribution in [2.24, 2.45) is 5.73 Å². The van der Waals surface area contributed by atoms with Gasteiger partial charge in [0.15, 0.2) is 0 Å². The molecule has 0 rings (SSSR count). The first-order valence-electron chi connectivity index (χ1n) is 8.46. The predicted octanol–water partition coefficient (Wildman–Crippen LogP) is 5.05. The standard InChI is InChI=1S/C17H37NO/c1-4-6-7-8-9-10-11-12-13-14-15-17(18,5-2)16-19-3/h4-16,18H2,1-3H3. The summed E-state index contributed by atoms with van der Waals surface area (Å²) >= 11 is 0. The first-order chi connectivity index (χ1) is 9.18. The monoisotopic (exact) mass is 271 g/mol. The average molecular weight is 271 g/mol. The third-order valence-corrected chi connectivity index (χ3v) is 4.16. The van der Waals surface area contributed by atoms with Crippen LogP contribution in [0.4, 0.5) is 0 Å². The van der Waals surface area contributed by atoms with Crippen LogP contribution in [-0.4, -0.2) is 19.3 Å². The number of rotatable bonds is 14. The van der Waals surface area contributed by atoms with E-state index in [9.17, 15) is 0 Å². The van der Waals surface area contributed by atoms with Crippen molar-refractivity contribution in [2.75, 3.05) is 13.7 Å². The van der Waals surface area contributed by atoms with Crippen LogP contribution in [0.5, 0.6) is 0 Å². The number of ether oxygens (including phenoxy) is 1. The predicted molar refractivity (Wildman–Crippen MR) is 85.5 cm³/mol. The summed E-state index contributed by atoms with van der Waals surface area (Å²) in [4.78, 5) is 0. The quantitative estimate of drug-likeness (QED) is 0.449. The van der Waals surface area contributed by atoms with E-state index >= 15 is 0 Å². The van der Waals surface area contributed by atoms with Gasteiger partial charge >= 0.3 is 0 Å². The zero-order valence-corrected chi connectivity index (χ0v) is 13.7. The number of methoxy groups -OCH3 is 1. The molecule has 0 saturated carbocycles. The second-order valence-corrected chi connectivity index (χ2v) is 6.08. The maximum atomic E-state index is 6.29. The van der Waals surface area contributed by atoms with E-state index in [1.807, 2.05) is 0 Å². The molecule has 2 heteroatoms. The molecule has 0 fully saturated rings. The van der Waals surface area contributed by atoms with Crippen molar-refractivity contribution < 1.29 is 4.74 Å². The molecular weight excluding hydrogens is 234 g/mol. The first-order valence-corrected chi connectivity index (χ1v) is 8.46. The molecule has 0 aliphatic heterocycles. The minimum atomic E-state index is -0.0884. The smallest absolute Gasteiger partial charge is 0.0642 e. The molecule has 1 atom stereocenters. The van der Waals surface area contributed by atoms with E-state index in [1.54, 1.807) is 7.11 Å². The molecule has 0 aromatic heterocycles. The van der Waals surface area contributed by atoms with Crippen LogP contribution in [0.25, 0.3) is 0 Å². The summed E-state index contributed by atoms with van der Waals surface area (Å²) < 4.78 is 5.22. The molecule has 0 aliphatic rings. The topological polar surface area (TPSA) is 35.2 Å². The Morgan fingerprint density at radius 3 is 1.68 bits per heavy atom. The molecule has 0 bridgehead atoms. The molecule has 0 aromatic rings. The Hall–Kier alpha value is -0.0800. The lowest BCUT2D eigenvalue weighted by atomic mass is 9.91. The van der Waals surface area contributed by atoms with E-state index in [4.69, 9.17) is 10.5 Å². The van der Waals surface area contributed by atoms with Crippen LogP contribution in [0.2, 0.25) is 0 Å². The van der Waals surface area contributed by atoms with Gasteiger partial charge in [-0.05, 0) is 12.8 Å². The van der Waals surface area contributed by atoms with Crippen LogP contribution in [0.3, 0.4) is 0 Å². The third kappa shape index (κ3) is 11.4. The Balaban J connectivity index is 3.30. The molecule has 0 heterocycles. The molecule has 0 amide bonds. The van der Waals surface area contributed by atoms with Gasteiger partial charge in [0.05, 0.1) is 6.61 Å². The van der Waals surface area contributed by atoms with E-state index in [0.29, 0.717) is 6.61 Å². The highest BCUT2D eigenvalue weighted by atomic mass is 16.5. The van der Waals surface area contributed by atoms with Crippen LogP contribution in [-0.2, 0) is 4.74 Å². The Labute approximate surface area is 121 Å². The van der Waals surface area contributed by atoms with Gasteiger partial charge in [-0.15, -0.1) is 0 Å². The highest BCUT2D eigenvalue weighted by Crippen LogP contribution is 2.18. The van der Waals surface area contributed by atoms with Crippen molar-refractivity contribution in [2.45, 2.75) is 96.4 Å². The van der Waals surface area contributed by atoms with Gasteiger partial charge < -0.3 is 10.5 Å². The van der Waals surface area contributed by atoms with Crippen molar-refractivity contribution in [3.8, 4) is 0 Å². The maximum Gasteiger partial charge on any atom is 0.0642 e. The minimum Gasteiger partial charge on any atom is -0.383 e. The molecule has 0 spiro atoms. The van der Waals surface area contributed by atoms with Crippen LogP contribution in [0.15, 0.2) is 0 Å². The Morgan fingerprint density at radius 1 is 0.789 bits per heavy atom. The van der Waals surface area contributed by atoms with Gasteiger partial charge in [0.25, 0.3) is 0 Å². The molecule has 0 saturated heterocycles. The number of hydrogen-bond donors (Lipinski definition) is 1. The van der Waals surface area contributed by atoms with Gasteiger partial charge in [-0.25, -0.2) is 0 Å². The fraction of sp³-hybridized carbons (Fsp3) is 1.00. The maximum absolute atomic E-state index is 6.29. The highest BCUT2D eigenvalue weighted by Gasteiger charge is 2.21. The summed E-state index contributed by atoms with van der Waals surface area (Å²) in [5, 5.41) is 0. The molecule has 2 N–H and O–H groups in total. The van der Waals surface area contributed by atoms with E-state index in [-0.39, 0.29) is 5.54 Å². The molecule has 1 unspecified atom stereocenters. The summed E-state index contributed by atoms with van der Waals surface area (Å²) in [5.41, 5.74) is 6.20. The van der Waals surface area contributed by atoms with Crippen LogP contribution in [0, 0.1) is 0 Å². The van der Waals surface area contributed by atoms with Crippen LogP contribution >= 0.6 is 0 Å². The number of hydrogen-bond acceptors (Lipinski definition) is 2. The second kappa shape index (κ2) is 12.9. The van der Waals surface area contributed by atoms with E-state index in [1.165, 1.54) is 64.2 Å². The van der Waals surface area contributed by atoms with E-state index in [2.05, 4.69) is 13.8 Å². The minimum absolute atomic E-state index is 0.0884. The van der Waals surface area contributed by atoms with Crippen molar-refractivity contribution in [3.63, 3.8) is 0 Å². The molecule has 2 nitrogen and oxygen atoms in total. The largest absolute Gasteiger partial charge is 0.383 e. The average Bonchev–Trinajstić information content (AvgIpc) is 2.41. The van der Waals surface area contributed by atoms with Gasteiger partial charge in [0.1, 0.15) is 0 Å². The lowest BCUT2D eigenvalue weighted by Crippen LogP contribution is -2.43. The van der Waals surface area contributed by atoms with Crippen molar-refractivity contribution in [3.05, 3.63) is 0 Å². The summed E-state index contributed by atoms with van der Waals surface area (Å²) in [5.74, 6) is 0. The van der Waals surface area contributed by atoms with Gasteiger partial charge in [-0.2, -0.15) is 0 Å². The van der Waals surface area contributed by atoms with Gasteiger partial charge in [-0.1, -0.05) is 78.1 Å². The first kappa shape index (κ1) is 18.9. The Kier molecular flexibility index (Phi) is 12.9. The highest BCUT2D eigenvalue weighted by molar-refractivity contribution is 4.81. The zero-order valence-electron chi connectivity index (χ0n) is 13.7. The fourth-order valence-corrected chi connectivity index (χ4v) is 2.60. The Bertz CT molecular complexity index is 184. The summed E-state index contributed by atoms with van der Waals surface area (Å²) in [6, 6.07) is 0. The van der Waals surface area contributed by atoms with Crippen LogP contribution in [0.1, 0.15) is 90.9 Å².